The average Bonchev–Trinajstić information content (AvgIpc) is 2.50. The lowest BCUT2D eigenvalue weighted by Crippen LogP contribution is -1.91. The Morgan fingerprint density at radius 1 is 1.50 bits per heavy atom. The normalized spacial score (nSPS) is 10.6. The number of thiol groups is 1. The van der Waals surface area contributed by atoms with Crippen LogP contribution in [0.2, 0.25) is 0 Å². The molecule has 72 valence electrons. The van der Waals surface area contributed by atoms with Crippen molar-refractivity contribution >= 4 is 45.4 Å². The van der Waals surface area contributed by atoms with Gasteiger partial charge < -0.3 is 5.73 Å². The number of thiophene rings is 1. The third-order valence-corrected chi connectivity index (χ3v) is 3.46. The Morgan fingerprint density at radius 2 is 2.21 bits per heavy atom. The molecule has 1 heterocycles. The van der Waals surface area contributed by atoms with E-state index in [2.05, 4.69) is 12.6 Å². The molecule has 14 heavy (non-hydrogen) atoms. The van der Waals surface area contributed by atoms with Crippen LogP contribution in [0.3, 0.4) is 0 Å². The van der Waals surface area contributed by atoms with Crippen molar-refractivity contribution in [2.75, 3.05) is 5.73 Å². The summed E-state index contributed by atoms with van der Waals surface area (Å²) >= 11 is 5.53. The Balaban J connectivity index is 2.92. The zero-order valence-electron chi connectivity index (χ0n) is 6.93. The van der Waals surface area contributed by atoms with Crippen molar-refractivity contribution in [3.8, 4) is 0 Å². The second-order valence-corrected chi connectivity index (χ2v) is 4.12. The van der Waals surface area contributed by atoms with Gasteiger partial charge in [0.25, 0.3) is 5.69 Å². The minimum atomic E-state index is -0.422. The zero-order valence-corrected chi connectivity index (χ0v) is 8.64. The summed E-state index contributed by atoms with van der Waals surface area (Å²) in [5.41, 5.74) is 6.30. The molecule has 2 N–H and O–H groups in total. The summed E-state index contributed by atoms with van der Waals surface area (Å²) in [6.45, 7) is 0. The first kappa shape index (κ1) is 9.29. The van der Waals surface area contributed by atoms with Crippen LogP contribution in [0.15, 0.2) is 22.4 Å². The van der Waals surface area contributed by atoms with E-state index in [1.54, 1.807) is 11.4 Å². The summed E-state index contributed by atoms with van der Waals surface area (Å²) in [4.78, 5) is 10.9. The Labute approximate surface area is 88.9 Å². The molecule has 1 aromatic carbocycles. The highest BCUT2D eigenvalue weighted by Gasteiger charge is 2.17. The van der Waals surface area contributed by atoms with Gasteiger partial charge in [0.1, 0.15) is 0 Å². The van der Waals surface area contributed by atoms with E-state index in [1.165, 1.54) is 17.4 Å². The van der Waals surface area contributed by atoms with Crippen LogP contribution in [0.5, 0.6) is 0 Å². The Hall–Kier alpha value is -1.27. The number of hydrogen-bond donors (Lipinski definition) is 2. The smallest absolute Gasteiger partial charge is 0.279 e. The third kappa shape index (κ3) is 1.23. The summed E-state index contributed by atoms with van der Waals surface area (Å²) in [5, 5.41) is 13.0. The van der Waals surface area contributed by atoms with Gasteiger partial charge in [-0.3, -0.25) is 10.1 Å². The maximum atomic E-state index is 10.7. The number of benzene rings is 1. The fourth-order valence-electron chi connectivity index (χ4n) is 1.29. The van der Waals surface area contributed by atoms with Gasteiger partial charge in [0.2, 0.25) is 0 Å². The second-order valence-electron chi connectivity index (χ2n) is 2.76. The molecule has 0 bridgehead atoms. The summed E-state index contributed by atoms with van der Waals surface area (Å²) in [5.74, 6) is 0. The lowest BCUT2D eigenvalue weighted by molar-refractivity contribution is -0.383. The highest BCUT2D eigenvalue weighted by molar-refractivity contribution is 7.80. The van der Waals surface area contributed by atoms with E-state index in [1.807, 2.05) is 0 Å². The first-order valence-electron chi connectivity index (χ1n) is 3.74. The number of nitrogen functional groups attached to an aromatic ring is 1. The fraction of sp³-hybridized carbons (Fsp3) is 0. The predicted molar refractivity (Wildman–Crippen MR) is 60.1 cm³/mol. The number of nitro benzene ring substituents is 1. The van der Waals surface area contributed by atoms with Crippen molar-refractivity contribution in [1.29, 1.82) is 0 Å². The van der Waals surface area contributed by atoms with Gasteiger partial charge in [-0.15, -0.1) is 24.0 Å². The standard InChI is InChI=1S/C8H6N2O2S2/c9-4-1-2-5(10(11)12)7-6(13)3-14-8(4)7/h1-3,13H,9H2. The monoisotopic (exact) mass is 226 g/mol. The molecule has 0 saturated carbocycles. The van der Waals surface area contributed by atoms with Gasteiger partial charge in [-0.25, -0.2) is 0 Å². The van der Waals surface area contributed by atoms with Crippen LogP contribution >= 0.6 is 24.0 Å². The van der Waals surface area contributed by atoms with Crippen LogP contribution in [0.25, 0.3) is 10.1 Å². The molecule has 0 fully saturated rings. The number of non-ortho nitro benzene ring substituents is 1. The SMILES string of the molecule is Nc1ccc([N+](=O)[O-])c2c(S)csc12. The first-order chi connectivity index (χ1) is 6.61. The maximum Gasteiger partial charge on any atom is 0.279 e. The van der Waals surface area contributed by atoms with Gasteiger partial charge >= 0.3 is 0 Å². The average molecular weight is 226 g/mol. The maximum absolute atomic E-state index is 10.7. The van der Waals surface area contributed by atoms with Gasteiger partial charge in [0, 0.05) is 16.3 Å². The number of nitrogens with two attached hydrogens (primary N) is 1. The van der Waals surface area contributed by atoms with E-state index in [0.717, 1.165) is 4.70 Å². The molecule has 0 saturated heterocycles. The van der Waals surface area contributed by atoms with Gasteiger partial charge in [-0.2, -0.15) is 0 Å². The molecule has 2 rings (SSSR count). The lowest BCUT2D eigenvalue weighted by atomic mass is 10.2. The van der Waals surface area contributed by atoms with Crippen LogP contribution < -0.4 is 5.73 Å². The highest BCUT2D eigenvalue weighted by Crippen LogP contribution is 2.38. The van der Waals surface area contributed by atoms with Crippen molar-refractivity contribution in [2.24, 2.45) is 0 Å². The molecule has 0 radical (unpaired) electrons. The van der Waals surface area contributed by atoms with E-state index in [4.69, 9.17) is 5.73 Å². The molecule has 0 spiro atoms. The Kier molecular flexibility index (Phi) is 2.09. The molecule has 2 aromatic rings. The molecule has 0 amide bonds. The minimum absolute atomic E-state index is 0.0560. The Bertz CT molecular complexity index is 521. The summed E-state index contributed by atoms with van der Waals surface area (Å²) in [6, 6.07) is 2.95. The van der Waals surface area contributed by atoms with Gasteiger partial charge in [0.15, 0.2) is 0 Å². The molecule has 0 aliphatic carbocycles. The van der Waals surface area contributed by atoms with Crippen LogP contribution in [0, 0.1) is 10.1 Å². The van der Waals surface area contributed by atoms with Crippen LogP contribution in [0.1, 0.15) is 0 Å². The molecule has 0 atom stereocenters. The van der Waals surface area contributed by atoms with Crippen LogP contribution in [-0.4, -0.2) is 4.92 Å². The highest BCUT2D eigenvalue weighted by atomic mass is 32.1. The molecular formula is C8H6N2O2S2. The van der Waals surface area contributed by atoms with Gasteiger partial charge in [-0.1, -0.05) is 0 Å². The van der Waals surface area contributed by atoms with E-state index < -0.39 is 4.92 Å². The quantitative estimate of drug-likeness (QED) is 0.340. The van der Waals surface area contributed by atoms with E-state index >= 15 is 0 Å². The molecule has 6 heteroatoms. The first-order valence-corrected chi connectivity index (χ1v) is 5.07. The number of fused-ring (bicyclic) bond motifs is 1. The number of rotatable bonds is 1. The van der Waals surface area contributed by atoms with Crippen molar-refractivity contribution in [3.05, 3.63) is 27.6 Å². The van der Waals surface area contributed by atoms with Gasteiger partial charge in [0.05, 0.1) is 20.7 Å². The zero-order chi connectivity index (χ0) is 10.3. The van der Waals surface area contributed by atoms with Crippen molar-refractivity contribution in [2.45, 2.75) is 4.90 Å². The fourth-order valence-corrected chi connectivity index (χ4v) is 2.63. The second kappa shape index (κ2) is 3.14. The van der Waals surface area contributed by atoms with E-state index in [0.29, 0.717) is 16.0 Å². The van der Waals surface area contributed by atoms with E-state index in [9.17, 15) is 10.1 Å². The van der Waals surface area contributed by atoms with Crippen molar-refractivity contribution in [1.82, 2.24) is 0 Å². The molecule has 0 aliphatic heterocycles. The number of anilines is 1. The molecule has 4 nitrogen and oxygen atoms in total. The lowest BCUT2D eigenvalue weighted by Gasteiger charge is -1.97. The van der Waals surface area contributed by atoms with Crippen molar-refractivity contribution < 1.29 is 4.92 Å². The number of nitro groups is 1. The molecular weight excluding hydrogens is 220 g/mol. The molecule has 0 aliphatic rings. The van der Waals surface area contributed by atoms with E-state index in [-0.39, 0.29) is 5.69 Å². The van der Waals surface area contributed by atoms with Crippen LogP contribution in [0.4, 0.5) is 11.4 Å². The third-order valence-electron chi connectivity index (χ3n) is 1.91. The minimum Gasteiger partial charge on any atom is -0.398 e. The number of nitrogens with zero attached hydrogens (tertiary/aromatic N) is 1. The Morgan fingerprint density at radius 3 is 2.86 bits per heavy atom. The largest absolute Gasteiger partial charge is 0.398 e. The topological polar surface area (TPSA) is 69.2 Å². The predicted octanol–water partition coefficient (Wildman–Crippen LogP) is 2.68. The summed E-state index contributed by atoms with van der Waals surface area (Å²) in [7, 11) is 0. The van der Waals surface area contributed by atoms with Gasteiger partial charge in [-0.05, 0) is 6.07 Å². The molecule has 0 unspecified atom stereocenters. The summed E-state index contributed by atoms with van der Waals surface area (Å²) < 4.78 is 0.726. The van der Waals surface area contributed by atoms with Crippen molar-refractivity contribution in [3.63, 3.8) is 0 Å². The molecule has 1 aromatic heterocycles. The summed E-state index contributed by atoms with van der Waals surface area (Å²) in [6.07, 6.45) is 0. The number of hydrogen-bond acceptors (Lipinski definition) is 5. The van der Waals surface area contributed by atoms with Crippen LogP contribution in [-0.2, 0) is 0 Å².